The summed E-state index contributed by atoms with van der Waals surface area (Å²) in [6.07, 6.45) is 11.8. The monoisotopic (exact) mass is 362 g/mol. The fraction of sp³-hybridized carbons (Fsp3) is 0.773. The molecule has 0 aromatic heterocycles. The third kappa shape index (κ3) is 2.22. The van der Waals surface area contributed by atoms with E-state index in [0.717, 1.165) is 38.5 Å². The average molecular weight is 363 g/mol. The number of hydrogen-bond acceptors (Lipinski definition) is 2. The molecule has 2 saturated carbocycles. The van der Waals surface area contributed by atoms with Crippen molar-refractivity contribution >= 4 is 17.4 Å². The van der Waals surface area contributed by atoms with Gasteiger partial charge in [0.25, 0.3) is 0 Å². The highest BCUT2D eigenvalue weighted by molar-refractivity contribution is 6.30. The zero-order valence-electron chi connectivity index (χ0n) is 15.8. The van der Waals surface area contributed by atoms with Crippen LogP contribution in [-0.4, -0.2) is 16.5 Å². The molecule has 0 saturated heterocycles. The van der Waals surface area contributed by atoms with E-state index in [1.165, 1.54) is 5.57 Å². The normalized spacial score (nSPS) is 49.5. The maximum absolute atomic E-state index is 11.9. The summed E-state index contributed by atoms with van der Waals surface area (Å²) >= 11 is 6.53. The lowest BCUT2D eigenvalue weighted by molar-refractivity contribution is -0.152. The fourth-order valence-corrected chi connectivity index (χ4v) is 7.51. The second kappa shape index (κ2) is 5.70. The molecule has 2 nitrogen and oxygen atoms in total. The van der Waals surface area contributed by atoms with Crippen LogP contribution in [0.2, 0.25) is 0 Å². The quantitative estimate of drug-likeness (QED) is 0.678. The summed E-state index contributed by atoms with van der Waals surface area (Å²) in [5.41, 5.74) is 0.593. The van der Waals surface area contributed by atoms with Crippen LogP contribution in [0.1, 0.15) is 72.1 Å². The summed E-state index contributed by atoms with van der Waals surface area (Å²) in [4.78, 5) is 11.9. The Hall–Kier alpha value is -0.600. The van der Waals surface area contributed by atoms with E-state index in [0.29, 0.717) is 41.4 Å². The SMILES string of the molecule is CCC1(O)C(Cl)=CC[C@H]2[C@@H]3CCC4=CC(=O)CC[C@]4(C)[C@H]3CC[C@@]21C. The van der Waals surface area contributed by atoms with E-state index in [9.17, 15) is 9.90 Å². The molecule has 138 valence electrons. The summed E-state index contributed by atoms with van der Waals surface area (Å²) in [5.74, 6) is 2.09. The number of fused-ring (bicyclic) bond motifs is 5. The number of hydrogen-bond donors (Lipinski definition) is 1. The van der Waals surface area contributed by atoms with Gasteiger partial charge in [0.15, 0.2) is 5.78 Å². The minimum Gasteiger partial charge on any atom is -0.384 e. The molecular weight excluding hydrogens is 332 g/mol. The van der Waals surface area contributed by atoms with Crippen LogP contribution in [0.4, 0.5) is 0 Å². The molecule has 0 bridgehead atoms. The smallest absolute Gasteiger partial charge is 0.155 e. The Labute approximate surface area is 156 Å². The number of carbonyl (C=O) groups is 1. The number of halogens is 1. The van der Waals surface area contributed by atoms with Crippen LogP contribution in [0, 0.1) is 28.6 Å². The minimum absolute atomic E-state index is 0.128. The molecule has 4 rings (SSSR count). The van der Waals surface area contributed by atoms with Crippen LogP contribution < -0.4 is 0 Å². The number of carbonyl (C=O) groups excluding carboxylic acids is 1. The second-order valence-corrected chi connectivity index (χ2v) is 9.83. The van der Waals surface area contributed by atoms with Crippen LogP contribution >= 0.6 is 11.6 Å². The number of rotatable bonds is 1. The summed E-state index contributed by atoms with van der Waals surface area (Å²) in [6, 6.07) is 0. The second-order valence-electron chi connectivity index (χ2n) is 9.43. The Morgan fingerprint density at radius 1 is 1.20 bits per heavy atom. The van der Waals surface area contributed by atoms with Crippen LogP contribution in [0.15, 0.2) is 22.8 Å². The molecule has 1 N–H and O–H groups in total. The summed E-state index contributed by atoms with van der Waals surface area (Å²) in [7, 11) is 0. The topological polar surface area (TPSA) is 37.3 Å². The molecule has 0 spiro atoms. The van der Waals surface area contributed by atoms with Crippen LogP contribution in [0.3, 0.4) is 0 Å². The van der Waals surface area contributed by atoms with Gasteiger partial charge >= 0.3 is 0 Å². The Morgan fingerprint density at radius 2 is 1.96 bits per heavy atom. The van der Waals surface area contributed by atoms with Gasteiger partial charge in [0.1, 0.15) is 5.60 Å². The van der Waals surface area contributed by atoms with Crippen molar-refractivity contribution < 1.29 is 9.90 Å². The summed E-state index contributed by atoms with van der Waals surface area (Å²) in [5, 5.41) is 12.1. The lowest BCUT2D eigenvalue weighted by atomic mass is 9.43. The molecule has 0 aromatic rings. The zero-order valence-corrected chi connectivity index (χ0v) is 16.5. The van der Waals surface area contributed by atoms with Gasteiger partial charge in [0.2, 0.25) is 0 Å². The standard InChI is InChI=1S/C22H31ClO2/c1-4-22(25)19(23)8-7-18-16-6-5-14-13-15(24)9-11-20(14,2)17(16)10-12-21(18,22)3/h8,13,16-18,25H,4-7,9-12H2,1-3H3/t16-,17+,18+,20+,21+,22?/m1/s1. The Morgan fingerprint density at radius 3 is 2.68 bits per heavy atom. The van der Waals surface area contributed by atoms with E-state index in [4.69, 9.17) is 11.6 Å². The highest BCUT2D eigenvalue weighted by Crippen LogP contribution is 2.66. The van der Waals surface area contributed by atoms with Crippen molar-refractivity contribution in [1.29, 1.82) is 0 Å². The van der Waals surface area contributed by atoms with Gasteiger partial charge in [-0.15, -0.1) is 0 Å². The predicted octanol–water partition coefficient (Wildman–Crippen LogP) is 5.39. The van der Waals surface area contributed by atoms with Crippen LogP contribution in [0.5, 0.6) is 0 Å². The van der Waals surface area contributed by atoms with Gasteiger partial charge in [-0.2, -0.15) is 0 Å². The molecule has 0 radical (unpaired) electrons. The van der Waals surface area contributed by atoms with E-state index in [-0.39, 0.29) is 10.8 Å². The van der Waals surface area contributed by atoms with Crippen molar-refractivity contribution in [2.24, 2.45) is 28.6 Å². The van der Waals surface area contributed by atoms with E-state index in [2.05, 4.69) is 26.8 Å². The molecular formula is C22H31ClO2. The van der Waals surface area contributed by atoms with Gasteiger partial charge < -0.3 is 5.11 Å². The number of allylic oxidation sites excluding steroid dienone is 3. The first-order valence-electron chi connectivity index (χ1n) is 10.1. The molecule has 1 unspecified atom stereocenters. The van der Waals surface area contributed by atoms with E-state index in [1.54, 1.807) is 0 Å². The Balaban J connectivity index is 1.73. The summed E-state index contributed by atoms with van der Waals surface area (Å²) < 4.78 is 0. The third-order valence-corrected chi connectivity index (χ3v) is 9.22. The largest absolute Gasteiger partial charge is 0.384 e. The van der Waals surface area contributed by atoms with Gasteiger partial charge in [0, 0.05) is 16.9 Å². The van der Waals surface area contributed by atoms with E-state index in [1.807, 2.05) is 6.08 Å². The molecule has 4 aliphatic rings. The first-order valence-corrected chi connectivity index (χ1v) is 10.5. The highest BCUT2D eigenvalue weighted by atomic mass is 35.5. The molecule has 4 aliphatic carbocycles. The van der Waals surface area contributed by atoms with Gasteiger partial charge in [-0.25, -0.2) is 0 Å². The molecule has 0 aromatic carbocycles. The van der Waals surface area contributed by atoms with Crippen molar-refractivity contribution in [2.75, 3.05) is 0 Å². The Kier molecular flexibility index (Phi) is 4.05. The fourth-order valence-electron chi connectivity index (χ4n) is 7.07. The van der Waals surface area contributed by atoms with Gasteiger partial charge in [-0.3, -0.25) is 4.79 Å². The maximum Gasteiger partial charge on any atom is 0.155 e. The average Bonchev–Trinajstić information content (AvgIpc) is 2.59. The van der Waals surface area contributed by atoms with Gasteiger partial charge in [0.05, 0.1) is 0 Å². The van der Waals surface area contributed by atoms with E-state index >= 15 is 0 Å². The molecule has 0 amide bonds. The highest BCUT2D eigenvalue weighted by Gasteiger charge is 2.62. The Bertz CT molecular complexity index is 665. The molecule has 2 fully saturated rings. The molecule has 3 heteroatoms. The number of aliphatic hydroxyl groups is 1. The van der Waals surface area contributed by atoms with Crippen LogP contribution in [-0.2, 0) is 4.79 Å². The van der Waals surface area contributed by atoms with Crippen LogP contribution in [0.25, 0.3) is 0 Å². The third-order valence-electron chi connectivity index (χ3n) is 8.75. The van der Waals surface area contributed by atoms with Crippen molar-refractivity contribution in [3.05, 3.63) is 22.8 Å². The first-order chi connectivity index (χ1) is 11.8. The number of ketones is 1. The minimum atomic E-state index is -0.873. The van der Waals surface area contributed by atoms with Gasteiger partial charge in [-0.1, -0.05) is 44.0 Å². The van der Waals surface area contributed by atoms with Crippen molar-refractivity contribution in [1.82, 2.24) is 0 Å². The lowest BCUT2D eigenvalue weighted by Crippen LogP contribution is -2.60. The van der Waals surface area contributed by atoms with Gasteiger partial charge in [-0.05, 0) is 74.2 Å². The van der Waals surface area contributed by atoms with Crippen molar-refractivity contribution in [3.63, 3.8) is 0 Å². The lowest BCUT2D eigenvalue weighted by Gasteiger charge is -2.63. The summed E-state index contributed by atoms with van der Waals surface area (Å²) in [6.45, 7) is 6.75. The molecule has 6 atom stereocenters. The first kappa shape index (κ1) is 17.8. The molecule has 0 heterocycles. The predicted molar refractivity (Wildman–Crippen MR) is 101 cm³/mol. The van der Waals surface area contributed by atoms with Crippen molar-refractivity contribution in [3.8, 4) is 0 Å². The molecule has 25 heavy (non-hydrogen) atoms. The van der Waals surface area contributed by atoms with E-state index < -0.39 is 5.60 Å². The molecule has 0 aliphatic heterocycles. The zero-order chi connectivity index (χ0) is 18.0. The van der Waals surface area contributed by atoms with Crippen molar-refractivity contribution in [2.45, 2.75) is 77.7 Å². The maximum atomic E-state index is 11.9.